The fraction of sp³-hybridized carbons (Fsp3) is 0.286. The van der Waals surface area contributed by atoms with Gasteiger partial charge in [-0.05, 0) is 42.2 Å². The molecule has 1 atom stereocenters. The first-order valence-electron chi connectivity index (χ1n) is 8.90. The van der Waals surface area contributed by atoms with Gasteiger partial charge < -0.3 is 10.1 Å². The number of hydrogen-bond acceptors (Lipinski definition) is 4. The topological polar surface area (TPSA) is 75.7 Å². The van der Waals surface area contributed by atoms with E-state index in [0.717, 1.165) is 16.9 Å². The number of carbonyl (C=O) groups is 3. The summed E-state index contributed by atoms with van der Waals surface area (Å²) in [6.45, 7) is 4.07. The van der Waals surface area contributed by atoms with E-state index in [1.165, 1.54) is 13.1 Å². The van der Waals surface area contributed by atoms with Gasteiger partial charge in [-0.2, -0.15) is 0 Å². The highest BCUT2D eigenvalue weighted by molar-refractivity contribution is 6.21. The fourth-order valence-electron chi connectivity index (χ4n) is 3.02. The first kappa shape index (κ1) is 18.6. The highest BCUT2D eigenvalue weighted by Crippen LogP contribution is 2.28. The Kier molecular flexibility index (Phi) is 5.26. The van der Waals surface area contributed by atoms with Crippen LogP contribution in [0.15, 0.2) is 42.5 Å². The van der Waals surface area contributed by atoms with Gasteiger partial charge in [0, 0.05) is 12.7 Å². The van der Waals surface area contributed by atoms with Gasteiger partial charge in [0.15, 0.2) is 6.61 Å². The van der Waals surface area contributed by atoms with Crippen molar-refractivity contribution in [2.45, 2.75) is 26.2 Å². The Morgan fingerprint density at radius 1 is 1.11 bits per heavy atom. The maximum atomic E-state index is 12.2. The van der Waals surface area contributed by atoms with Crippen molar-refractivity contribution in [1.29, 1.82) is 0 Å². The molecule has 0 fully saturated rings. The number of carbonyl (C=O) groups excluding carboxylic acids is 3. The molecular formula is C21H22N2O4. The second kappa shape index (κ2) is 7.61. The molecule has 0 aliphatic carbocycles. The molecule has 1 heterocycles. The third kappa shape index (κ3) is 3.69. The van der Waals surface area contributed by atoms with E-state index >= 15 is 0 Å². The lowest BCUT2D eigenvalue weighted by atomic mass is 9.98. The minimum atomic E-state index is -0.371. The van der Waals surface area contributed by atoms with Crippen molar-refractivity contribution in [1.82, 2.24) is 4.90 Å². The predicted molar refractivity (Wildman–Crippen MR) is 102 cm³/mol. The molecule has 0 radical (unpaired) electrons. The van der Waals surface area contributed by atoms with E-state index in [0.29, 0.717) is 28.5 Å². The molecule has 0 bridgehead atoms. The molecule has 140 valence electrons. The summed E-state index contributed by atoms with van der Waals surface area (Å²) in [6.07, 6.45) is 0.975. The number of hydrogen-bond donors (Lipinski definition) is 1. The number of amides is 3. The zero-order valence-electron chi connectivity index (χ0n) is 15.6. The molecule has 27 heavy (non-hydrogen) atoms. The summed E-state index contributed by atoms with van der Waals surface area (Å²) in [4.78, 5) is 37.3. The SMILES string of the molecule is CCC(C)c1ccccc1OCC(=O)Nc1ccc2c(c1)C(=O)N(C)C2=O. The average Bonchev–Trinajstić information content (AvgIpc) is 2.90. The van der Waals surface area contributed by atoms with E-state index in [2.05, 4.69) is 19.2 Å². The first-order chi connectivity index (χ1) is 12.9. The van der Waals surface area contributed by atoms with Crippen LogP contribution in [0.25, 0.3) is 0 Å². The van der Waals surface area contributed by atoms with Gasteiger partial charge in [0.2, 0.25) is 0 Å². The average molecular weight is 366 g/mol. The van der Waals surface area contributed by atoms with Crippen molar-refractivity contribution in [3.8, 4) is 5.75 Å². The molecular weight excluding hydrogens is 344 g/mol. The Bertz CT molecular complexity index is 907. The Hall–Kier alpha value is -3.15. The number of rotatable bonds is 6. The van der Waals surface area contributed by atoms with Gasteiger partial charge in [0.05, 0.1) is 11.1 Å². The Balaban J connectivity index is 1.66. The smallest absolute Gasteiger partial charge is 0.262 e. The van der Waals surface area contributed by atoms with Crippen molar-refractivity contribution in [3.05, 3.63) is 59.2 Å². The van der Waals surface area contributed by atoms with Gasteiger partial charge in [0.25, 0.3) is 17.7 Å². The van der Waals surface area contributed by atoms with Crippen LogP contribution in [0.1, 0.15) is 52.5 Å². The monoisotopic (exact) mass is 366 g/mol. The lowest BCUT2D eigenvalue weighted by molar-refractivity contribution is -0.118. The molecule has 0 spiro atoms. The van der Waals surface area contributed by atoms with Crippen LogP contribution in [0.5, 0.6) is 5.75 Å². The Morgan fingerprint density at radius 3 is 2.56 bits per heavy atom. The van der Waals surface area contributed by atoms with Crippen molar-refractivity contribution >= 4 is 23.4 Å². The van der Waals surface area contributed by atoms with Crippen molar-refractivity contribution < 1.29 is 19.1 Å². The maximum Gasteiger partial charge on any atom is 0.262 e. The van der Waals surface area contributed by atoms with Crippen LogP contribution in [-0.2, 0) is 4.79 Å². The second-order valence-corrected chi connectivity index (χ2v) is 6.61. The van der Waals surface area contributed by atoms with E-state index in [4.69, 9.17) is 4.74 Å². The molecule has 6 nitrogen and oxygen atoms in total. The number of imide groups is 1. The summed E-state index contributed by atoms with van der Waals surface area (Å²) in [5.41, 5.74) is 2.16. The highest BCUT2D eigenvalue weighted by Gasteiger charge is 2.32. The molecule has 1 N–H and O–H groups in total. The van der Waals surface area contributed by atoms with Crippen molar-refractivity contribution in [2.24, 2.45) is 0 Å². The van der Waals surface area contributed by atoms with Crippen LogP contribution in [0, 0.1) is 0 Å². The summed E-state index contributed by atoms with van der Waals surface area (Å²) < 4.78 is 5.70. The van der Waals surface area contributed by atoms with Crippen LogP contribution >= 0.6 is 0 Å². The van der Waals surface area contributed by atoms with Gasteiger partial charge in [-0.15, -0.1) is 0 Å². The lowest BCUT2D eigenvalue weighted by Crippen LogP contribution is -2.24. The normalized spacial score (nSPS) is 14.1. The molecule has 1 aliphatic rings. The molecule has 0 saturated carbocycles. The maximum absolute atomic E-state index is 12.2. The number of benzene rings is 2. The van der Waals surface area contributed by atoms with Gasteiger partial charge >= 0.3 is 0 Å². The molecule has 3 amide bonds. The summed E-state index contributed by atoms with van der Waals surface area (Å²) in [6, 6.07) is 12.4. The Labute approximate surface area is 158 Å². The standard InChI is InChI=1S/C21H22N2O4/c1-4-13(2)15-7-5-6-8-18(15)27-12-19(24)22-14-9-10-16-17(11-14)21(26)23(3)20(16)25/h5-11,13H,4,12H2,1-3H3,(H,22,24). The van der Waals surface area contributed by atoms with E-state index < -0.39 is 0 Å². The predicted octanol–water partition coefficient (Wildman–Crippen LogP) is 3.44. The number of anilines is 1. The number of nitrogens with zero attached hydrogens (tertiary/aromatic N) is 1. The van der Waals surface area contributed by atoms with Gasteiger partial charge in [-0.25, -0.2) is 0 Å². The largest absolute Gasteiger partial charge is 0.483 e. The van der Waals surface area contributed by atoms with Crippen LogP contribution in [0.2, 0.25) is 0 Å². The van der Waals surface area contributed by atoms with Crippen molar-refractivity contribution in [3.63, 3.8) is 0 Å². The molecule has 3 rings (SSSR count). The fourth-order valence-corrected chi connectivity index (χ4v) is 3.02. The van der Waals surface area contributed by atoms with E-state index in [1.807, 2.05) is 24.3 Å². The third-order valence-corrected chi connectivity index (χ3v) is 4.79. The molecule has 6 heteroatoms. The highest BCUT2D eigenvalue weighted by atomic mass is 16.5. The van der Waals surface area contributed by atoms with Crippen LogP contribution in [0.3, 0.4) is 0 Å². The van der Waals surface area contributed by atoms with Crippen molar-refractivity contribution in [2.75, 3.05) is 19.0 Å². The molecule has 1 unspecified atom stereocenters. The van der Waals surface area contributed by atoms with E-state index in [1.54, 1.807) is 12.1 Å². The van der Waals surface area contributed by atoms with Crippen LogP contribution in [-0.4, -0.2) is 36.3 Å². The zero-order valence-corrected chi connectivity index (χ0v) is 15.6. The molecule has 1 aliphatic heterocycles. The number of fused-ring (bicyclic) bond motifs is 1. The van der Waals surface area contributed by atoms with Gasteiger partial charge in [-0.1, -0.05) is 32.0 Å². The van der Waals surface area contributed by atoms with E-state index in [-0.39, 0.29) is 24.3 Å². The zero-order chi connectivity index (χ0) is 19.6. The molecule has 2 aromatic carbocycles. The summed E-state index contributed by atoms with van der Waals surface area (Å²) in [5, 5.41) is 2.71. The first-order valence-corrected chi connectivity index (χ1v) is 8.90. The van der Waals surface area contributed by atoms with Crippen LogP contribution in [0.4, 0.5) is 5.69 Å². The van der Waals surface area contributed by atoms with E-state index in [9.17, 15) is 14.4 Å². The summed E-state index contributed by atoms with van der Waals surface area (Å²) >= 11 is 0. The summed E-state index contributed by atoms with van der Waals surface area (Å²) in [7, 11) is 1.44. The van der Waals surface area contributed by atoms with Gasteiger partial charge in [0.1, 0.15) is 5.75 Å². The number of nitrogens with one attached hydrogen (secondary N) is 1. The Morgan fingerprint density at radius 2 is 1.81 bits per heavy atom. The number of para-hydroxylation sites is 1. The number of ether oxygens (including phenoxy) is 1. The third-order valence-electron chi connectivity index (χ3n) is 4.79. The lowest BCUT2D eigenvalue weighted by Gasteiger charge is -2.15. The molecule has 0 saturated heterocycles. The quantitative estimate of drug-likeness (QED) is 0.795. The molecule has 0 aromatic heterocycles. The molecule has 2 aromatic rings. The second-order valence-electron chi connectivity index (χ2n) is 6.61. The summed E-state index contributed by atoms with van der Waals surface area (Å²) in [5.74, 6) is -0.0124. The van der Waals surface area contributed by atoms with Gasteiger partial charge in [-0.3, -0.25) is 19.3 Å². The van der Waals surface area contributed by atoms with Crippen LogP contribution < -0.4 is 10.1 Å². The minimum absolute atomic E-state index is 0.142. The minimum Gasteiger partial charge on any atom is -0.483 e.